The number of carbonyl (C=O) groups is 1. The Kier molecular flexibility index (Phi) is 5.47. The van der Waals surface area contributed by atoms with Gasteiger partial charge in [0.15, 0.2) is 0 Å². The number of aromatic nitrogens is 3. The van der Waals surface area contributed by atoms with Crippen LogP contribution in [0.15, 0.2) is 0 Å². The maximum absolute atomic E-state index is 13.3. The van der Waals surface area contributed by atoms with Crippen LogP contribution in [0.2, 0.25) is 0 Å². The molecule has 1 unspecified atom stereocenters. The quantitative estimate of drug-likeness (QED) is 0.818. The van der Waals surface area contributed by atoms with E-state index in [1.54, 1.807) is 0 Å². The topological polar surface area (TPSA) is 63.1 Å². The van der Waals surface area contributed by atoms with Gasteiger partial charge in [0.25, 0.3) is 0 Å². The minimum atomic E-state index is -0.103. The largest absolute Gasteiger partial charge is 0.342 e. The molecule has 3 aliphatic heterocycles. The molecule has 0 aromatic carbocycles. The van der Waals surface area contributed by atoms with Crippen LogP contribution in [0, 0.1) is 10.8 Å². The summed E-state index contributed by atoms with van der Waals surface area (Å²) in [5.41, 5.74) is 0.185. The number of amides is 1. The normalized spacial score (nSPS) is 29.7. The molecule has 1 spiro atoms. The Bertz CT molecular complexity index is 720. The molecule has 1 aromatic heterocycles. The highest BCUT2D eigenvalue weighted by Crippen LogP contribution is 2.69. The predicted molar refractivity (Wildman–Crippen MR) is 111 cm³/mol. The number of rotatable bonds is 2. The molecule has 1 atom stereocenters. The molecule has 4 heterocycles. The summed E-state index contributed by atoms with van der Waals surface area (Å²) < 4.78 is 2.39. The predicted octanol–water partition coefficient (Wildman–Crippen LogP) is 2.91. The van der Waals surface area contributed by atoms with Gasteiger partial charge in [-0.05, 0) is 63.5 Å². The van der Waals surface area contributed by atoms with Crippen molar-refractivity contribution < 1.29 is 4.79 Å². The fraction of sp³-hybridized carbons (Fsp3) is 0.857. The second kappa shape index (κ2) is 7.60. The van der Waals surface area contributed by atoms with E-state index in [1.165, 1.54) is 30.9 Å². The molecule has 2 saturated heterocycles. The average Bonchev–Trinajstić information content (AvgIpc) is 3.18. The maximum Gasteiger partial charge on any atom is 0.229 e. The Morgan fingerprint density at radius 2 is 1.82 bits per heavy atom. The van der Waals surface area contributed by atoms with Gasteiger partial charge in [-0.1, -0.05) is 13.3 Å². The average molecular weight is 408 g/mol. The van der Waals surface area contributed by atoms with E-state index in [1.807, 2.05) is 0 Å². The third-order valence-electron chi connectivity index (χ3n) is 8.06. The first kappa shape index (κ1) is 20.1. The van der Waals surface area contributed by atoms with E-state index in [2.05, 4.69) is 31.9 Å². The standard InChI is InChI=1S/C21H33N5O.ClH/c1-20(15-21(20)8-10-22-11-9-21)19(27)25-13-6-16(7-14-25)18-24-23-17-5-3-2-4-12-26(17)18;/h16,22H,2-15H2,1H3;1H. The van der Waals surface area contributed by atoms with E-state index in [4.69, 9.17) is 0 Å². The fourth-order valence-corrected chi connectivity index (χ4v) is 6.07. The van der Waals surface area contributed by atoms with Gasteiger partial charge in [0.2, 0.25) is 5.91 Å². The van der Waals surface area contributed by atoms with E-state index in [9.17, 15) is 4.79 Å². The highest BCUT2D eigenvalue weighted by atomic mass is 35.5. The van der Waals surface area contributed by atoms with Crippen molar-refractivity contribution in [2.45, 2.75) is 77.2 Å². The van der Waals surface area contributed by atoms with Crippen molar-refractivity contribution in [3.05, 3.63) is 11.6 Å². The molecule has 156 valence electrons. The van der Waals surface area contributed by atoms with Crippen molar-refractivity contribution in [1.29, 1.82) is 0 Å². The second-order valence-corrected chi connectivity index (χ2v) is 9.54. The summed E-state index contributed by atoms with van der Waals surface area (Å²) in [5, 5.41) is 12.5. The Morgan fingerprint density at radius 1 is 1.07 bits per heavy atom. The lowest BCUT2D eigenvalue weighted by Crippen LogP contribution is -2.44. The van der Waals surface area contributed by atoms with Crippen molar-refractivity contribution in [3.63, 3.8) is 0 Å². The number of carbonyl (C=O) groups excluding carboxylic acids is 1. The Hall–Kier alpha value is -1.14. The number of hydrogen-bond acceptors (Lipinski definition) is 4. The number of piperidine rings is 2. The molecule has 28 heavy (non-hydrogen) atoms. The van der Waals surface area contributed by atoms with Gasteiger partial charge in [-0.25, -0.2) is 0 Å². The van der Waals surface area contributed by atoms with Crippen molar-refractivity contribution >= 4 is 18.3 Å². The lowest BCUT2D eigenvalue weighted by Gasteiger charge is -2.36. The smallest absolute Gasteiger partial charge is 0.229 e. The number of fused-ring (bicyclic) bond motifs is 1. The van der Waals surface area contributed by atoms with Crippen LogP contribution in [0.4, 0.5) is 0 Å². The summed E-state index contributed by atoms with van der Waals surface area (Å²) in [7, 11) is 0. The van der Waals surface area contributed by atoms with Gasteiger partial charge in [0.05, 0.1) is 5.41 Å². The summed E-state index contributed by atoms with van der Waals surface area (Å²) in [6.45, 7) is 7.22. The Morgan fingerprint density at radius 3 is 2.57 bits per heavy atom. The zero-order valence-corrected chi connectivity index (χ0v) is 17.9. The van der Waals surface area contributed by atoms with Gasteiger partial charge in [-0.2, -0.15) is 0 Å². The number of nitrogens with one attached hydrogen (secondary N) is 1. The first-order valence-electron chi connectivity index (χ1n) is 11.1. The van der Waals surface area contributed by atoms with E-state index in [0.29, 0.717) is 11.8 Å². The second-order valence-electron chi connectivity index (χ2n) is 9.54. The van der Waals surface area contributed by atoms with E-state index in [0.717, 1.165) is 71.2 Å². The van der Waals surface area contributed by atoms with Crippen LogP contribution < -0.4 is 5.32 Å². The van der Waals surface area contributed by atoms with E-state index >= 15 is 0 Å². The van der Waals surface area contributed by atoms with E-state index in [-0.39, 0.29) is 23.2 Å². The molecular weight excluding hydrogens is 374 g/mol. The molecule has 4 aliphatic rings. The van der Waals surface area contributed by atoms with Crippen LogP contribution in [0.25, 0.3) is 0 Å². The van der Waals surface area contributed by atoms with Gasteiger partial charge < -0.3 is 14.8 Å². The van der Waals surface area contributed by atoms with Crippen LogP contribution in [0.1, 0.15) is 75.9 Å². The lowest BCUT2D eigenvalue weighted by atomic mass is 9.84. The van der Waals surface area contributed by atoms with Gasteiger partial charge in [-0.15, -0.1) is 22.6 Å². The van der Waals surface area contributed by atoms with Crippen molar-refractivity contribution in [3.8, 4) is 0 Å². The minimum Gasteiger partial charge on any atom is -0.342 e. The molecule has 0 bridgehead atoms. The highest BCUT2D eigenvalue weighted by Gasteiger charge is 2.68. The molecule has 5 rings (SSSR count). The number of hydrogen-bond donors (Lipinski definition) is 1. The molecule has 3 fully saturated rings. The number of aryl methyl sites for hydroxylation is 1. The molecule has 1 N–H and O–H groups in total. The van der Waals surface area contributed by atoms with Crippen molar-refractivity contribution in [2.75, 3.05) is 26.2 Å². The molecule has 7 heteroatoms. The molecule has 6 nitrogen and oxygen atoms in total. The zero-order valence-electron chi connectivity index (χ0n) is 17.1. The SMILES string of the molecule is CC1(C(=O)N2CCC(c3nnc4n3CCCCC4)CC2)CC12CCNCC2.Cl. The van der Waals surface area contributed by atoms with Crippen LogP contribution in [0.3, 0.4) is 0 Å². The molecule has 1 aliphatic carbocycles. The fourth-order valence-electron chi connectivity index (χ4n) is 6.07. The molecule has 0 radical (unpaired) electrons. The third kappa shape index (κ3) is 3.17. The highest BCUT2D eigenvalue weighted by molar-refractivity contribution is 5.87. The third-order valence-corrected chi connectivity index (χ3v) is 8.06. The van der Waals surface area contributed by atoms with Crippen molar-refractivity contribution in [1.82, 2.24) is 25.0 Å². The Balaban J connectivity index is 0.00000192. The summed E-state index contributed by atoms with van der Waals surface area (Å²) in [5.74, 6) is 3.25. The monoisotopic (exact) mass is 407 g/mol. The number of halogens is 1. The van der Waals surface area contributed by atoms with Crippen LogP contribution in [0.5, 0.6) is 0 Å². The summed E-state index contributed by atoms with van der Waals surface area (Å²) in [4.78, 5) is 15.5. The molecular formula is C21H34ClN5O. The van der Waals surface area contributed by atoms with Crippen molar-refractivity contribution in [2.24, 2.45) is 10.8 Å². The van der Waals surface area contributed by atoms with Gasteiger partial charge >= 0.3 is 0 Å². The zero-order chi connectivity index (χ0) is 18.5. The molecule has 1 saturated carbocycles. The minimum absolute atomic E-state index is 0. The number of nitrogens with zero attached hydrogens (tertiary/aromatic N) is 4. The van der Waals surface area contributed by atoms with E-state index < -0.39 is 0 Å². The molecule has 1 aromatic rings. The maximum atomic E-state index is 13.3. The summed E-state index contributed by atoms with van der Waals surface area (Å²) in [6.07, 6.45) is 10.3. The van der Waals surface area contributed by atoms with Gasteiger partial charge in [0.1, 0.15) is 11.6 Å². The number of likely N-dealkylation sites (tertiary alicyclic amines) is 1. The van der Waals surface area contributed by atoms with Gasteiger partial charge in [0, 0.05) is 32.0 Å². The first-order chi connectivity index (χ1) is 13.1. The Labute approximate surface area is 174 Å². The summed E-state index contributed by atoms with van der Waals surface area (Å²) in [6, 6.07) is 0. The van der Waals surface area contributed by atoms with Crippen LogP contribution in [-0.4, -0.2) is 51.8 Å². The summed E-state index contributed by atoms with van der Waals surface area (Å²) >= 11 is 0. The van der Waals surface area contributed by atoms with Gasteiger partial charge in [-0.3, -0.25) is 4.79 Å². The lowest BCUT2D eigenvalue weighted by molar-refractivity contribution is -0.139. The first-order valence-corrected chi connectivity index (χ1v) is 11.1. The van der Waals surface area contributed by atoms with Crippen LogP contribution >= 0.6 is 12.4 Å². The molecule has 1 amide bonds. The van der Waals surface area contributed by atoms with Crippen LogP contribution in [-0.2, 0) is 17.8 Å².